The molecule has 1 rings (SSSR count). The van der Waals surface area contributed by atoms with E-state index in [1.165, 1.54) is 0 Å². The van der Waals surface area contributed by atoms with Crippen LogP contribution < -0.4 is 15.8 Å². The molecule has 6 heteroatoms. The van der Waals surface area contributed by atoms with Crippen molar-refractivity contribution in [1.82, 2.24) is 15.1 Å². The highest BCUT2D eigenvalue weighted by Crippen LogP contribution is 2.06. The normalized spacial score (nSPS) is 12.4. The van der Waals surface area contributed by atoms with Gasteiger partial charge in [0.2, 0.25) is 5.91 Å². The lowest BCUT2D eigenvalue weighted by molar-refractivity contribution is -0.120. The molecule has 0 bridgehead atoms. The Labute approximate surface area is 94.8 Å². The molecule has 1 atom stereocenters. The van der Waals surface area contributed by atoms with Crippen LogP contribution in [0.4, 0.5) is 0 Å². The van der Waals surface area contributed by atoms with Crippen LogP contribution in [0.5, 0.6) is 5.75 Å². The minimum atomic E-state index is -0.399. The first kappa shape index (κ1) is 12.5. The molecule has 0 aromatic carbocycles. The van der Waals surface area contributed by atoms with Gasteiger partial charge in [0.15, 0.2) is 5.75 Å². The number of hydrogen-bond donors (Lipinski definition) is 2. The summed E-state index contributed by atoms with van der Waals surface area (Å²) < 4.78 is 6.63. The van der Waals surface area contributed by atoms with Gasteiger partial charge in [0, 0.05) is 0 Å². The maximum Gasteiger partial charge on any atom is 0.236 e. The highest BCUT2D eigenvalue weighted by atomic mass is 16.5. The van der Waals surface area contributed by atoms with Crippen LogP contribution in [-0.2, 0) is 11.3 Å². The van der Waals surface area contributed by atoms with Crippen molar-refractivity contribution in [3.8, 4) is 5.75 Å². The summed E-state index contributed by atoms with van der Waals surface area (Å²) in [6.07, 6.45) is 4.27. The van der Waals surface area contributed by atoms with Crippen LogP contribution >= 0.6 is 0 Å². The number of carbonyl (C=O) groups is 1. The van der Waals surface area contributed by atoms with E-state index in [9.17, 15) is 4.79 Å². The molecule has 3 N–H and O–H groups in total. The fourth-order valence-electron chi connectivity index (χ4n) is 1.31. The fourth-order valence-corrected chi connectivity index (χ4v) is 1.31. The van der Waals surface area contributed by atoms with E-state index in [1.807, 2.05) is 6.92 Å². The first-order valence-corrected chi connectivity index (χ1v) is 5.26. The summed E-state index contributed by atoms with van der Waals surface area (Å²) in [5.41, 5.74) is 5.29. The summed E-state index contributed by atoms with van der Waals surface area (Å²) in [5, 5.41) is 7.13. The Kier molecular flexibility index (Phi) is 4.78. The van der Waals surface area contributed by atoms with Gasteiger partial charge in [-0.25, -0.2) is 0 Å². The van der Waals surface area contributed by atoms with Gasteiger partial charge >= 0.3 is 0 Å². The third-order valence-corrected chi connectivity index (χ3v) is 2.20. The smallest absolute Gasteiger partial charge is 0.236 e. The molecule has 6 nitrogen and oxygen atoms in total. The molecule has 0 aliphatic rings. The van der Waals surface area contributed by atoms with Crippen molar-refractivity contribution in [3.05, 3.63) is 12.4 Å². The van der Waals surface area contributed by atoms with Crippen LogP contribution in [0.25, 0.3) is 0 Å². The van der Waals surface area contributed by atoms with Gasteiger partial charge in [0.1, 0.15) is 6.04 Å². The van der Waals surface area contributed by atoms with E-state index in [2.05, 4.69) is 10.4 Å². The molecule has 0 spiro atoms. The first-order chi connectivity index (χ1) is 7.67. The summed E-state index contributed by atoms with van der Waals surface area (Å²) >= 11 is 0. The van der Waals surface area contributed by atoms with Crippen LogP contribution in [-0.4, -0.2) is 35.4 Å². The Hall–Kier alpha value is -1.56. The lowest BCUT2D eigenvalue weighted by Crippen LogP contribution is -2.44. The molecular weight excluding hydrogens is 208 g/mol. The van der Waals surface area contributed by atoms with Gasteiger partial charge in [-0.2, -0.15) is 5.10 Å². The summed E-state index contributed by atoms with van der Waals surface area (Å²) in [6, 6.07) is -0.399. The van der Waals surface area contributed by atoms with Gasteiger partial charge in [-0.15, -0.1) is 0 Å². The molecule has 1 unspecified atom stereocenters. The standard InChI is InChI=1S/C10H18N4O2/c1-3-4-12-9(10(11)15)7-14-6-8(16-2)5-13-14/h5-6,9,12H,3-4,7H2,1-2H3,(H2,11,15). The highest BCUT2D eigenvalue weighted by Gasteiger charge is 2.15. The topological polar surface area (TPSA) is 82.2 Å². The molecule has 0 aliphatic carbocycles. The lowest BCUT2D eigenvalue weighted by atomic mass is 10.2. The van der Waals surface area contributed by atoms with Crippen LogP contribution in [0.15, 0.2) is 12.4 Å². The van der Waals surface area contributed by atoms with Crippen LogP contribution in [0.2, 0.25) is 0 Å². The zero-order chi connectivity index (χ0) is 12.0. The molecule has 1 aromatic rings. The van der Waals surface area contributed by atoms with Crippen LogP contribution in [0.1, 0.15) is 13.3 Å². The Balaban J connectivity index is 2.56. The second-order valence-corrected chi connectivity index (χ2v) is 3.51. The molecule has 16 heavy (non-hydrogen) atoms. The summed E-state index contributed by atoms with van der Waals surface area (Å²) in [4.78, 5) is 11.2. The summed E-state index contributed by atoms with van der Waals surface area (Å²) in [6.45, 7) is 3.20. The third kappa shape index (κ3) is 3.54. The van der Waals surface area contributed by atoms with E-state index in [0.29, 0.717) is 12.3 Å². The number of nitrogens with one attached hydrogen (secondary N) is 1. The maximum atomic E-state index is 11.2. The fraction of sp³-hybridized carbons (Fsp3) is 0.600. The molecule has 0 fully saturated rings. The minimum absolute atomic E-state index is 0.372. The summed E-state index contributed by atoms with van der Waals surface area (Å²) in [7, 11) is 1.57. The van der Waals surface area contributed by atoms with Gasteiger partial charge in [0.25, 0.3) is 0 Å². The van der Waals surface area contributed by atoms with Crippen molar-refractivity contribution in [2.45, 2.75) is 25.9 Å². The number of rotatable bonds is 7. The van der Waals surface area contributed by atoms with E-state index in [4.69, 9.17) is 10.5 Å². The molecule has 0 saturated heterocycles. The SMILES string of the molecule is CCCNC(Cn1cc(OC)cn1)C(N)=O. The van der Waals surface area contributed by atoms with Crippen molar-refractivity contribution in [2.24, 2.45) is 5.73 Å². The van der Waals surface area contributed by atoms with Gasteiger partial charge in [-0.3, -0.25) is 9.48 Å². The number of primary amides is 1. The highest BCUT2D eigenvalue weighted by molar-refractivity contribution is 5.79. The number of nitrogens with zero attached hydrogens (tertiary/aromatic N) is 2. The first-order valence-electron chi connectivity index (χ1n) is 5.26. The van der Waals surface area contributed by atoms with Gasteiger partial charge < -0.3 is 15.8 Å². The van der Waals surface area contributed by atoms with E-state index < -0.39 is 6.04 Å². The molecule has 1 heterocycles. The Morgan fingerprint density at radius 3 is 3.00 bits per heavy atom. The predicted molar refractivity (Wildman–Crippen MR) is 60.1 cm³/mol. The number of carbonyl (C=O) groups excluding carboxylic acids is 1. The molecule has 1 amide bonds. The number of hydrogen-bond acceptors (Lipinski definition) is 4. The second-order valence-electron chi connectivity index (χ2n) is 3.51. The number of aromatic nitrogens is 2. The average Bonchev–Trinajstić information content (AvgIpc) is 2.71. The number of amides is 1. The average molecular weight is 226 g/mol. The van der Waals surface area contributed by atoms with Crippen molar-refractivity contribution in [2.75, 3.05) is 13.7 Å². The Bertz CT molecular complexity index is 337. The predicted octanol–water partition coefficient (Wildman–Crippen LogP) is -0.255. The number of nitrogens with two attached hydrogens (primary N) is 1. The van der Waals surface area contributed by atoms with Crippen molar-refractivity contribution >= 4 is 5.91 Å². The number of ether oxygens (including phenoxy) is 1. The van der Waals surface area contributed by atoms with Crippen molar-refractivity contribution in [3.63, 3.8) is 0 Å². The van der Waals surface area contributed by atoms with Gasteiger partial charge in [0.05, 0.1) is 26.0 Å². The van der Waals surface area contributed by atoms with E-state index in [0.717, 1.165) is 13.0 Å². The zero-order valence-corrected chi connectivity index (χ0v) is 9.64. The van der Waals surface area contributed by atoms with Crippen LogP contribution in [0, 0.1) is 0 Å². The molecule has 0 aliphatic heterocycles. The lowest BCUT2D eigenvalue weighted by Gasteiger charge is -2.14. The van der Waals surface area contributed by atoms with Gasteiger partial charge in [-0.1, -0.05) is 6.92 Å². The maximum absolute atomic E-state index is 11.2. The van der Waals surface area contributed by atoms with Gasteiger partial charge in [-0.05, 0) is 13.0 Å². The molecule has 0 saturated carbocycles. The monoisotopic (exact) mass is 226 g/mol. The van der Waals surface area contributed by atoms with E-state index in [1.54, 1.807) is 24.2 Å². The van der Waals surface area contributed by atoms with Crippen molar-refractivity contribution < 1.29 is 9.53 Å². The number of methoxy groups -OCH3 is 1. The molecule has 1 aromatic heterocycles. The quantitative estimate of drug-likeness (QED) is 0.671. The zero-order valence-electron chi connectivity index (χ0n) is 9.64. The van der Waals surface area contributed by atoms with Crippen molar-refractivity contribution in [1.29, 1.82) is 0 Å². The Morgan fingerprint density at radius 1 is 1.75 bits per heavy atom. The molecule has 0 radical (unpaired) electrons. The van der Waals surface area contributed by atoms with E-state index >= 15 is 0 Å². The summed E-state index contributed by atoms with van der Waals surface area (Å²) in [5.74, 6) is 0.293. The third-order valence-electron chi connectivity index (χ3n) is 2.20. The van der Waals surface area contributed by atoms with E-state index in [-0.39, 0.29) is 5.91 Å². The van der Waals surface area contributed by atoms with Crippen LogP contribution in [0.3, 0.4) is 0 Å². The molecule has 90 valence electrons. The minimum Gasteiger partial charge on any atom is -0.493 e. The molecular formula is C10H18N4O2. The Morgan fingerprint density at radius 2 is 2.50 bits per heavy atom. The second kappa shape index (κ2) is 6.12. The largest absolute Gasteiger partial charge is 0.493 e.